The molecule has 0 saturated heterocycles. The Hall–Kier alpha value is -1.16. The molecule has 0 aliphatic heterocycles. The van der Waals surface area contributed by atoms with Gasteiger partial charge in [0, 0.05) is 30.4 Å². The summed E-state index contributed by atoms with van der Waals surface area (Å²) < 4.78 is 0. The highest BCUT2D eigenvalue weighted by Crippen LogP contribution is 2.26. The van der Waals surface area contributed by atoms with Crippen LogP contribution in [0.4, 0.5) is 5.82 Å². The summed E-state index contributed by atoms with van der Waals surface area (Å²) in [6.07, 6.45) is 6.51. The maximum Gasteiger partial charge on any atom is 0.129 e. The Morgan fingerprint density at radius 2 is 2.22 bits per heavy atom. The third-order valence-electron chi connectivity index (χ3n) is 3.63. The van der Waals surface area contributed by atoms with E-state index in [0.29, 0.717) is 6.04 Å². The van der Waals surface area contributed by atoms with Gasteiger partial charge in [-0.3, -0.25) is 4.90 Å². The number of nitrogens with zero attached hydrogens (tertiary/aromatic N) is 3. The molecule has 1 aliphatic carbocycles. The second-order valence-electron chi connectivity index (χ2n) is 5.27. The van der Waals surface area contributed by atoms with Gasteiger partial charge in [-0.05, 0) is 33.2 Å². The standard InChI is InChI=1S/C14H24N4/c1-4-5-12-8-14(17-10-16-12)15-9-11(2)18(3)13-6-7-13/h8,10-11,13H,4-7,9H2,1-3H3,(H,15,16,17). The molecule has 1 aliphatic rings. The van der Waals surface area contributed by atoms with Crippen molar-refractivity contribution in [2.75, 3.05) is 18.9 Å². The monoisotopic (exact) mass is 248 g/mol. The molecule has 0 amide bonds. The third kappa shape index (κ3) is 3.67. The van der Waals surface area contributed by atoms with Crippen molar-refractivity contribution >= 4 is 5.82 Å². The Morgan fingerprint density at radius 3 is 2.89 bits per heavy atom. The fourth-order valence-corrected chi connectivity index (χ4v) is 2.13. The molecule has 4 nitrogen and oxygen atoms in total. The average molecular weight is 248 g/mol. The first-order valence-electron chi connectivity index (χ1n) is 6.97. The fourth-order valence-electron chi connectivity index (χ4n) is 2.13. The van der Waals surface area contributed by atoms with Gasteiger partial charge in [-0.1, -0.05) is 13.3 Å². The van der Waals surface area contributed by atoms with Gasteiger partial charge < -0.3 is 5.32 Å². The topological polar surface area (TPSA) is 41.0 Å². The first kappa shape index (κ1) is 13.3. The van der Waals surface area contributed by atoms with Crippen LogP contribution in [0.25, 0.3) is 0 Å². The van der Waals surface area contributed by atoms with Crippen LogP contribution in [-0.4, -0.2) is 40.5 Å². The quantitative estimate of drug-likeness (QED) is 0.804. The summed E-state index contributed by atoms with van der Waals surface area (Å²) in [5.41, 5.74) is 1.12. The van der Waals surface area contributed by atoms with Crippen molar-refractivity contribution in [3.63, 3.8) is 0 Å². The van der Waals surface area contributed by atoms with E-state index in [1.54, 1.807) is 6.33 Å². The zero-order chi connectivity index (χ0) is 13.0. The second kappa shape index (κ2) is 6.14. The molecule has 0 spiro atoms. The van der Waals surface area contributed by atoms with Crippen LogP contribution in [0.1, 0.15) is 38.8 Å². The minimum Gasteiger partial charge on any atom is -0.368 e. The molecule has 1 fully saturated rings. The predicted molar refractivity (Wildman–Crippen MR) is 74.8 cm³/mol. The average Bonchev–Trinajstić information content (AvgIpc) is 3.20. The maximum absolute atomic E-state index is 4.27. The molecule has 0 radical (unpaired) electrons. The van der Waals surface area contributed by atoms with Gasteiger partial charge in [0.15, 0.2) is 0 Å². The number of rotatable bonds is 7. The van der Waals surface area contributed by atoms with Crippen LogP contribution in [0.3, 0.4) is 0 Å². The van der Waals surface area contributed by atoms with Crippen molar-refractivity contribution in [1.29, 1.82) is 0 Å². The van der Waals surface area contributed by atoms with E-state index in [2.05, 4.69) is 47.1 Å². The molecule has 4 heteroatoms. The van der Waals surface area contributed by atoms with Crippen molar-refractivity contribution in [2.24, 2.45) is 0 Å². The van der Waals surface area contributed by atoms with Crippen LogP contribution < -0.4 is 5.32 Å². The SMILES string of the molecule is CCCc1cc(NCC(C)N(C)C2CC2)ncn1. The van der Waals surface area contributed by atoms with Crippen LogP contribution in [-0.2, 0) is 6.42 Å². The number of hydrogen-bond donors (Lipinski definition) is 1. The summed E-state index contributed by atoms with van der Waals surface area (Å²) in [6, 6.07) is 3.41. The highest BCUT2D eigenvalue weighted by molar-refractivity contribution is 5.35. The third-order valence-corrected chi connectivity index (χ3v) is 3.63. The van der Waals surface area contributed by atoms with E-state index in [9.17, 15) is 0 Å². The van der Waals surface area contributed by atoms with Gasteiger partial charge in [0.1, 0.15) is 12.1 Å². The Morgan fingerprint density at radius 1 is 1.44 bits per heavy atom. The normalized spacial score (nSPS) is 16.9. The molecule has 1 N–H and O–H groups in total. The van der Waals surface area contributed by atoms with Crippen molar-refractivity contribution in [2.45, 2.75) is 51.6 Å². The van der Waals surface area contributed by atoms with Gasteiger partial charge in [-0.25, -0.2) is 9.97 Å². The number of aromatic nitrogens is 2. The van der Waals surface area contributed by atoms with Crippen LogP contribution in [0, 0.1) is 0 Å². The second-order valence-corrected chi connectivity index (χ2v) is 5.27. The van der Waals surface area contributed by atoms with E-state index in [1.165, 1.54) is 12.8 Å². The summed E-state index contributed by atoms with van der Waals surface area (Å²) >= 11 is 0. The lowest BCUT2D eigenvalue weighted by Gasteiger charge is -2.24. The number of nitrogens with one attached hydrogen (secondary N) is 1. The molecule has 0 bridgehead atoms. The van der Waals surface area contributed by atoms with Gasteiger partial charge in [0.05, 0.1) is 0 Å². The lowest BCUT2D eigenvalue weighted by Crippen LogP contribution is -2.36. The summed E-state index contributed by atoms with van der Waals surface area (Å²) in [4.78, 5) is 11.0. The summed E-state index contributed by atoms with van der Waals surface area (Å²) in [5.74, 6) is 0.949. The highest BCUT2D eigenvalue weighted by atomic mass is 15.2. The van der Waals surface area contributed by atoms with Gasteiger partial charge in [-0.2, -0.15) is 0 Å². The highest BCUT2D eigenvalue weighted by Gasteiger charge is 2.28. The molecular weight excluding hydrogens is 224 g/mol. The maximum atomic E-state index is 4.27. The molecule has 100 valence electrons. The van der Waals surface area contributed by atoms with Gasteiger partial charge in [0.25, 0.3) is 0 Å². The fraction of sp³-hybridized carbons (Fsp3) is 0.714. The lowest BCUT2D eigenvalue weighted by atomic mass is 10.2. The van der Waals surface area contributed by atoms with E-state index in [1.807, 2.05) is 0 Å². The van der Waals surface area contributed by atoms with E-state index in [4.69, 9.17) is 0 Å². The Balaban J connectivity index is 1.83. The molecule has 1 unspecified atom stereocenters. The van der Waals surface area contributed by atoms with Crippen LogP contribution in [0.5, 0.6) is 0 Å². The smallest absolute Gasteiger partial charge is 0.129 e. The first-order valence-corrected chi connectivity index (χ1v) is 6.97. The molecule has 1 atom stereocenters. The van der Waals surface area contributed by atoms with Gasteiger partial charge in [-0.15, -0.1) is 0 Å². The van der Waals surface area contributed by atoms with Gasteiger partial charge in [0.2, 0.25) is 0 Å². The van der Waals surface area contributed by atoms with Crippen molar-refractivity contribution in [3.8, 4) is 0 Å². The summed E-state index contributed by atoms with van der Waals surface area (Å²) in [6.45, 7) is 5.37. The molecule has 1 saturated carbocycles. The molecule has 1 heterocycles. The zero-order valence-electron chi connectivity index (χ0n) is 11.7. The van der Waals surface area contributed by atoms with E-state index in [-0.39, 0.29) is 0 Å². The molecule has 2 rings (SSSR count). The van der Waals surface area contributed by atoms with Crippen LogP contribution >= 0.6 is 0 Å². The van der Waals surface area contributed by atoms with E-state index >= 15 is 0 Å². The van der Waals surface area contributed by atoms with Crippen molar-refractivity contribution in [3.05, 3.63) is 18.1 Å². The van der Waals surface area contributed by atoms with Gasteiger partial charge >= 0.3 is 0 Å². The van der Waals surface area contributed by atoms with Crippen LogP contribution in [0.2, 0.25) is 0 Å². The molecule has 1 aromatic heterocycles. The number of hydrogen-bond acceptors (Lipinski definition) is 4. The molecule has 1 aromatic rings. The Bertz CT molecular complexity index is 376. The molecule has 18 heavy (non-hydrogen) atoms. The van der Waals surface area contributed by atoms with E-state index < -0.39 is 0 Å². The van der Waals surface area contributed by atoms with E-state index in [0.717, 1.165) is 36.9 Å². The molecular formula is C14H24N4. The minimum absolute atomic E-state index is 0.544. The van der Waals surface area contributed by atoms with Crippen molar-refractivity contribution in [1.82, 2.24) is 14.9 Å². The number of likely N-dealkylation sites (N-methyl/N-ethyl adjacent to an activating group) is 1. The number of aryl methyl sites for hydroxylation is 1. The Kier molecular flexibility index (Phi) is 4.53. The van der Waals surface area contributed by atoms with Crippen LogP contribution in [0.15, 0.2) is 12.4 Å². The number of anilines is 1. The largest absolute Gasteiger partial charge is 0.368 e. The zero-order valence-corrected chi connectivity index (χ0v) is 11.7. The Labute approximate surface area is 110 Å². The predicted octanol–water partition coefficient (Wildman–Crippen LogP) is 2.32. The summed E-state index contributed by atoms with van der Waals surface area (Å²) in [7, 11) is 2.21. The molecule has 0 aromatic carbocycles. The summed E-state index contributed by atoms with van der Waals surface area (Å²) in [5, 5.41) is 3.41. The van der Waals surface area contributed by atoms with Crippen molar-refractivity contribution < 1.29 is 0 Å². The first-order chi connectivity index (χ1) is 8.70. The lowest BCUT2D eigenvalue weighted by molar-refractivity contribution is 0.257. The minimum atomic E-state index is 0.544.